The molecule has 5 rings (SSSR count). The molecule has 7 heteroatoms. The quantitative estimate of drug-likeness (QED) is 0.407. The van der Waals surface area contributed by atoms with Gasteiger partial charge in [-0.2, -0.15) is 5.26 Å². The lowest BCUT2D eigenvalue weighted by Gasteiger charge is -2.23. The van der Waals surface area contributed by atoms with Crippen molar-refractivity contribution in [3.63, 3.8) is 0 Å². The third-order valence-electron chi connectivity index (χ3n) is 6.42. The highest BCUT2D eigenvalue weighted by atomic mass is 16.2. The zero-order valence-electron chi connectivity index (χ0n) is 20.7. The lowest BCUT2D eigenvalue weighted by atomic mass is 10.1. The van der Waals surface area contributed by atoms with Crippen LogP contribution >= 0.6 is 0 Å². The van der Waals surface area contributed by atoms with Crippen LogP contribution in [0.15, 0.2) is 97.0 Å². The summed E-state index contributed by atoms with van der Waals surface area (Å²) in [6.45, 7) is 1.20. The minimum atomic E-state index is -0.0352. The van der Waals surface area contributed by atoms with E-state index in [0.29, 0.717) is 25.1 Å². The van der Waals surface area contributed by atoms with Gasteiger partial charge >= 0.3 is 0 Å². The Morgan fingerprint density at radius 2 is 1.78 bits per heavy atom. The topological polar surface area (TPSA) is 86.0 Å². The molecule has 37 heavy (non-hydrogen) atoms. The smallest absolute Gasteiger partial charge is 0.246 e. The third-order valence-corrected chi connectivity index (χ3v) is 6.42. The van der Waals surface area contributed by atoms with Gasteiger partial charge in [-0.05, 0) is 29.3 Å². The normalized spacial score (nSPS) is 12.6. The first-order chi connectivity index (χ1) is 18.1. The van der Waals surface area contributed by atoms with Gasteiger partial charge in [0.25, 0.3) is 0 Å². The van der Waals surface area contributed by atoms with E-state index in [0.717, 1.165) is 39.6 Å². The van der Waals surface area contributed by atoms with Crippen molar-refractivity contribution in [1.82, 2.24) is 20.2 Å². The SMILES string of the molecule is CN/C=C(/Cc1ccc(C#N)cc1)NCC(=O)N1Cc2nc(-c3ccccc3)cn2Cc2ccccc21. The molecule has 0 unspecified atom stereocenters. The molecule has 7 nitrogen and oxygen atoms in total. The van der Waals surface area contributed by atoms with Crippen LogP contribution in [0.3, 0.4) is 0 Å². The summed E-state index contributed by atoms with van der Waals surface area (Å²) in [4.78, 5) is 20.3. The van der Waals surface area contributed by atoms with Crippen molar-refractivity contribution in [2.45, 2.75) is 19.5 Å². The summed E-state index contributed by atoms with van der Waals surface area (Å²) in [5.74, 6) is 0.818. The molecule has 1 aliphatic heterocycles. The number of hydrogen-bond donors (Lipinski definition) is 2. The van der Waals surface area contributed by atoms with Crippen LogP contribution in [0.4, 0.5) is 5.69 Å². The first kappa shape index (κ1) is 23.9. The lowest BCUT2D eigenvalue weighted by Crippen LogP contribution is -2.38. The number of imidazole rings is 1. The number of nitrogens with zero attached hydrogens (tertiary/aromatic N) is 4. The number of rotatable bonds is 7. The molecule has 2 N–H and O–H groups in total. The van der Waals surface area contributed by atoms with E-state index >= 15 is 0 Å². The van der Waals surface area contributed by atoms with Gasteiger partial charge in [0.05, 0.1) is 37.0 Å². The molecule has 0 atom stereocenters. The molecule has 0 spiro atoms. The van der Waals surface area contributed by atoms with Gasteiger partial charge in [0, 0.05) is 42.8 Å². The van der Waals surface area contributed by atoms with Crippen LogP contribution in [0, 0.1) is 11.3 Å². The number of carbonyl (C=O) groups excluding carboxylic acids is 1. The molecule has 4 aromatic rings. The predicted octanol–water partition coefficient (Wildman–Crippen LogP) is 4.21. The van der Waals surface area contributed by atoms with E-state index in [1.54, 1.807) is 12.1 Å². The minimum absolute atomic E-state index is 0.0352. The zero-order valence-corrected chi connectivity index (χ0v) is 20.7. The number of allylic oxidation sites excluding steroid dienone is 1. The number of anilines is 1. The monoisotopic (exact) mass is 488 g/mol. The van der Waals surface area contributed by atoms with Gasteiger partial charge in [-0.15, -0.1) is 0 Å². The van der Waals surface area contributed by atoms with Crippen molar-refractivity contribution in [3.8, 4) is 17.3 Å². The Balaban J connectivity index is 1.35. The molecule has 0 bridgehead atoms. The fourth-order valence-electron chi connectivity index (χ4n) is 4.55. The molecule has 1 aliphatic rings. The van der Waals surface area contributed by atoms with Crippen molar-refractivity contribution in [2.24, 2.45) is 0 Å². The second-order valence-electron chi connectivity index (χ2n) is 8.94. The summed E-state index contributed by atoms with van der Waals surface area (Å²) >= 11 is 0. The molecule has 184 valence electrons. The van der Waals surface area contributed by atoms with E-state index in [1.807, 2.05) is 78.8 Å². The van der Waals surface area contributed by atoms with Crippen LogP contribution in [0.5, 0.6) is 0 Å². The molecule has 0 radical (unpaired) electrons. The fraction of sp³-hybridized carbons (Fsp3) is 0.167. The van der Waals surface area contributed by atoms with Crippen LogP contribution in [0.25, 0.3) is 11.3 Å². The van der Waals surface area contributed by atoms with Crippen molar-refractivity contribution in [1.29, 1.82) is 5.26 Å². The standard InChI is InChI=1S/C30H28N6O/c1-32-17-26(15-22-11-13-23(16-31)14-12-22)33-18-30(37)36-21-29-34-27(24-7-3-2-4-8-24)20-35(29)19-25-9-5-6-10-28(25)36/h2-14,17,20,32-33H,15,18-19,21H2,1H3/b26-17-. The second-order valence-corrected chi connectivity index (χ2v) is 8.94. The Kier molecular flexibility index (Phi) is 7.00. The zero-order chi connectivity index (χ0) is 25.6. The van der Waals surface area contributed by atoms with Crippen LogP contribution in [0.2, 0.25) is 0 Å². The highest BCUT2D eigenvalue weighted by Crippen LogP contribution is 2.29. The molecule has 0 saturated heterocycles. The molecule has 0 saturated carbocycles. The Morgan fingerprint density at radius 3 is 2.54 bits per heavy atom. The largest absolute Gasteiger partial charge is 0.393 e. The maximum Gasteiger partial charge on any atom is 0.246 e. The van der Waals surface area contributed by atoms with Crippen molar-refractivity contribution in [3.05, 3.63) is 119 Å². The molecule has 3 aromatic carbocycles. The van der Waals surface area contributed by atoms with E-state index < -0.39 is 0 Å². The first-order valence-electron chi connectivity index (χ1n) is 12.2. The van der Waals surface area contributed by atoms with E-state index in [9.17, 15) is 4.79 Å². The highest BCUT2D eigenvalue weighted by Gasteiger charge is 2.25. The van der Waals surface area contributed by atoms with Crippen molar-refractivity contribution >= 4 is 11.6 Å². The number of carbonyl (C=O) groups is 1. The Labute approximate surface area is 216 Å². The Bertz CT molecular complexity index is 1460. The number of benzene rings is 3. The number of nitrogens with one attached hydrogen (secondary N) is 2. The number of para-hydroxylation sites is 1. The van der Waals surface area contributed by atoms with Gasteiger partial charge in [0.15, 0.2) is 0 Å². The van der Waals surface area contributed by atoms with E-state index in [4.69, 9.17) is 10.2 Å². The Morgan fingerprint density at radius 1 is 1.03 bits per heavy atom. The van der Waals surface area contributed by atoms with Crippen LogP contribution < -0.4 is 15.5 Å². The summed E-state index contributed by atoms with van der Waals surface area (Å²) in [5.41, 5.74) is 6.51. The summed E-state index contributed by atoms with van der Waals surface area (Å²) in [7, 11) is 1.83. The molecular formula is C30H28N6O. The number of nitriles is 1. The number of amides is 1. The van der Waals surface area contributed by atoms with Gasteiger partial charge in [0.1, 0.15) is 5.82 Å². The summed E-state index contributed by atoms with van der Waals surface area (Å²) in [6, 6.07) is 27.7. The predicted molar refractivity (Wildman–Crippen MR) is 144 cm³/mol. The maximum atomic E-state index is 13.6. The minimum Gasteiger partial charge on any atom is -0.393 e. The first-order valence-corrected chi connectivity index (χ1v) is 12.2. The number of aromatic nitrogens is 2. The second kappa shape index (κ2) is 10.8. The Hall–Kier alpha value is -4.83. The molecule has 0 aliphatic carbocycles. The summed E-state index contributed by atoms with van der Waals surface area (Å²) < 4.78 is 2.14. The molecule has 2 heterocycles. The lowest BCUT2D eigenvalue weighted by molar-refractivity contribution is -0.117. The van der Waals surface area contributed by atoms with Gasteiger partial charge in [-0.25, -0.2) is 4.98 Å². The van der Waals surface area contributed by atoms with E-state index in [2.05, 4.69) is 33.5 Å². The van der Waals surface area contributed by atoms with E-state index in [1.165, 1.54) is 0 Å². The third kappa shape index (κ3) is 5.39. The molecule has 1 aromatic heterocycles. The average molecular weight is 489 g/mol. The summed E-state index contributed by atoms with van der Waals surface area (Å²) in [6.07, 6.45) is 4.54. The van der Waals surface area contributed by atoms with Crippen LogP contribution in [-0.4, -0.2) is 29.1 Å². The van der Waals surface area contributed by atoms with Gasteiger partial charge in [-0.3, -0.25) is 4.79 Å². The van der Waals surface area contributed by atoms with Gasteiger partial charge < -0.3 is 20.1 Å². The van der Waals surface area contributed by atoms with E-state index in [-0.39, 0.29) is 12.5 Å². The van der Waals surface area contributed by atoms with Gasteiger partial charge in [-0.1, -0.05) is 60.7 Å². The number of hydrogen-bond acceptors (Lipinski definition) is 5. The number of fused-ring (bicyclic) bond motifs is 2. The van der Waals surface area contributed by atoms with Crippen LogP contribution in [0.1, 0.15) is 22.5 Å². The molecule has 0 fully saturated rings. The molecule has 1 amide bonds. The van der Waals surface area contributed by atoms with Crippen LogP contribution in [-0.2, 0) is 24.3 Å². The average Bonchev–Trinajstić information content (AvgIpc) is 3.26. The van der Waals surface area contributed by atoms with Gasteiger partial charge in [0.2, 0.25) is 5.91 Å². The summed E-state index contributed by atoms with van der Waals surface area (Å²) in [5, 5.41) is 15.4. The van der Waals surface area contributed by atoms with Crippen molar-refractivity contribution < 1.29 is 4.79 Å². The fourth-order valence-corrected chi connectivity index (χ4v) is 4.55. The maximum absolute atomic E-state index is 13.6. The van der Waals surface area contributed by atoms with Crippen molar-refractivity contribution in [2.75, 3.05) is 18.5 Å². The highest BCUT2D eigenvalue weighted by molar-refractivity contribution is 5.95. The molecular weight excluding hydrogens is 460 g/mol.